The number of nitrogens with one attached hydrogen (secondary N) is 2. The van der Waals surface area contributed by atoms with Gasteiger partial charge in [0.15, 0.2) is 0 Å². The number of benzene rings is 1. The predicted molar refractivity (Wildman–Crippen MR) is 100 cm³/mol. The number of amides is 1. The quantitative estimate of drug-likeness (QED) is 0.642. The summed E-state index contributed by atoms with van der Waals surface area (Å²) in [6, 6.07) is 11.8. The molecule has 1 aromatic rings. The third-order valence-corrected chi connectivity index (χ3v) is 5.46. The Kier molecular flexibility index (Phi) is 7.31. The number of carbonyl (C=O) groups excluding carboxylic acids is 1. The Morgan fingerprint density at radius 1 is 1.08 bits per heavy atom. The van der Waals surface area contributed by atoms with Crippen molar-refractivity contribution < 1.29 is 9.53 Å². The number of unbranched alkanes of at least 4 members (excludes halogenated alkanes) is 1. The highest BCUT2D eigenvalue weighted by Gasteiger charge is 2.33. The van der Waals surface area contributed by atoms with Gasteiger partial charge < -0.3 is 15.4 Å². The fraction of sp³-hybridized carbons (Fsp3) is 0.667. The van der Waals surface area contributed by atoms with Crippen LogP contribution in [0.25, 0.3) is 0 Å². The highest BCUT2D eigenvalue weighted by Crippen LogP contribution is 2.32. The van der Waals surface area contributed by atoms with Crippen molar-refractivity contribution in [2.45, 2.75) is 63.5 Å². The normalized spacial score (nSPS) is 25.0. The van der Waals surface area contributed by atoms with Gasteiger partial charge in [-0.25, -0.2) is 0 Å². The maximum atomic E-state index is 12.1. The number of fused-ring (bicyclic) bond motifs is 2. The summed E-state index contributed by atoms with van der Waals surface area (Å²) in [5.41, 5.74) is 1.32. The lowest BCUT2D eigenvalue weighted by molar-refractivity contribution is -0.122. The maximum Gasteiger partial charge on any atom is 0.220 e. The summed E-state index contributed by atoms with van der Waals surface area (Å²) in [4.78, 5) is 12.1. The van der Waals surface area contributed by atoms with Crippen LogP contribution in [0.15, 0.2) is 30.3 Å². The Morgan fingerprint density at radius 3 is 2.60 bits per heavy atom. The summed E-state index contributed by atoms with van der Waals surface area (Å²) in [6.07, 6.45) is 8.64. The Morgan fingerprint density at radius 2 is 1.84 bits per heavy atom. The summed E-state index contributed by atoms with van der Waals surface area (Å²) in [5.74, 6) is 0.816. The largest absolute Gasteiger partial charge is 0.381 e. The van der Waals surface area contributed by atoms with E-state index in [9.17, 15) is 4.79 Å². The molecule has 0 saturated carbocycles. The molecule has 3 rings (SSSR count). The number of hydrogen-bond acceptors (Lipinski definition) is 3. The van der Waals surface area contributed by atoms with E-state index in [1.165, 1.54) is 31.2 Å². The minimum atomic E-state index is 0.233. The summed E-state index contributed by atoms with van der Waals surface area (Å²) in [6.45, 7) is 2.33. The molecular formula is C21H32N2O2. The molecular weight excluding hydrogens is 312 g/mol. The van der Waals surface area contributed by atoms with E-state index in [1.807, 2.05) is 6.07 Å². The van der Waals surface area contributed by atoms with Crippen molar-refractivity contribution in [1.82, 2.24) is 10.6 Å². The first-order valence-electron chi connectivity index (χ1n) is 9.94. The van der Waals surface area contributed by atoms with E-state index in [-0.39, 0.29) is 5.91 Å². The first-order valence-corrected chi connectivity index (χ1v) is 9.94. The van der Waals surface area contributed by atoms with Gasteiger partial charge in [-0.2, -0.15) is 0 Å². The molecule has 2 saturated heterocycles. The molecule has 2 aliphatic rings. The first kappa shape index (κ1) is 18.4. The molecule has 0 aliphatic carbocycles. The lowest BCUT2D eigenvalue weighted by atomic mass is 9.89. The van der Waals surface area contributed by atoms with Gasteiger partial charge in [0.1, 0.15) is 0 Å². The van der Waals surface area contributed by atoms with Crippen molar-refractivity contribution in [3.05, 3.63) is 35.9 Å². The average Bonchev–Trinajstić information content (AvgIpc) is 2.96. The van der Waals surface area contributed by atoms with E-state index in [2.05, 4.69) is 34.9 Å². The van der Waals surface area contributed by atoms with Crippen LogP contribution in [-0.4, -0.2) is 37.7 Å². The minimum Gasteiger partial charge on any atom is -0.381 e. The first-order chi connectivity index (χ1) is 12.3. The van der Waals surface area contributed by atoms with Crippen LogP contribution < -0.4 is 10.6 Å². The van der Waals surface area contributed by atoms with Gasteiger partial charge in [0.05, 0.1) is 6.61 Å². The van der Waals surface area contributed by atoms with E-state index in [1.54, 1.807) is 0 Å². The van der Waals surface area contributed by atoms with Crippen LogP contribution in [0, 0.1) is 5.92 Å². The van der Waals surface area contributed by atoms with E-state index in [4.69, 9.17) is 4.74 Å². The molecule has 0 aromatic heterocycles. The second-order valence-electron chi connectivity index (χ2n) is 7.58. The van der Waals surface area contributed by atoms with E-state index >= 15 is 0 Å². The topological polar surface area (TPSA) is 50.4 Å². The van der Waals surface area contributed by atoms with Crippen molar-refractivity contribution in [3.8, 4) is 0 Å². The fourth-order valence-corrected chi connectivity index (χ4v) is 4.17. The number of carbonyl (C=O) groups is 1. The average molecular weight is 344 g/mol. The van der Waals surface area contributed by atoms with Crippen molar-refractivity contribution in [2.75, 3.05) is 19.8 Å². The van der Waals surface area contributed by atoms with Gasteiger partial charge in [-0.15, -0.1) is 0 Å². The SMILES string of the molecule is O=C(CC1CC2CCC(C1)N2)NCCCCOCCc1ccccc1. The number of piperidine rings is 1. The Balaban J connectivity index is 1.16. The molecule has 4 nitrogen and oxygen atoms in total. The lowest BCUT2D eigenvalue weighted by Gasteiger charge is -2.28. The van der Waals surface area contributed by atoms with Crippen LogP contribution in [0.1, 0.15) is 50.5 Å². The van der Waals surface area contributed by atoms with Crippen molar-refractivity contribution in [2.24, 2.45) is 5.92 Å². The zero-order chi connectivity index (χ0) is 17.3. The van der Waals surface area contributed by atoms with Crippen LogP contribution >= 0.6 is 0 Å². The van der Waals surface area contributed by atoms with Crippen molar-refractivity contribution >= 4 is 5.91 Å². The number of hydrogen-bond donors (Lipinski definition) is 2. The number of ether oxygens (including phenoxy) is 1. The van der Waals surface area contributed by atoms with Gasteiger partial charge in [-0.05, 0) is 56.4 Å². The van der Waals surface area contributed by atoms with Gasteiger partial charge in [0, 0.05) is 31.7 Å². The molecule has 0 spiro atoms. The van der Waals surface area contributed by atoms with E-state index in [0.29, 0.717) is 24.4 Å². The van der Waals surface area contributed by atoms with Crippen molar-refractivity contribution in [3.63, 3.8) is 0 Å². The van der Waals surface area contributed by atoms with Crippen LogP contribution in [-0.2, 0) is 16.0 Å². The molecule has 25 heavy (non-hydrogen) atoms. The third-order valence-electron chi connectivity index (χ3n) is 5.46. The van der Waals surface area contributed by atoms with Crippen LogP contribution in [0.4, 0.5) is 0 Å². The van der Waals surface area contributed by atoms with Gasteiger partial charge in [-0.1, -0.05) is 30.3 Å². The smallest absolute Gasteiger partial charge is 0.220 e. The Bertz CT molecular complexity index is 508. The van der Waals surface area contributed by atoms with E-state index in [0.717, 1.165) is 39.0 Å². The zero-order valence-corrected chi connectivity index (χ0v) is 15.2. The molecule has 138 valence electrons. The molecule has 2 N–H and O–H groups in total. The van der Waals surface area contributed by atoms with Crippen molar-refractivity contribution in [1.29, 1.82) is 0 Å². The van der Waals surface area contributed by atoms with Gasteiger partial charge in [0.2, 0.25) is 5.91 Å². The van der Waals surface area contributed by atoms with Crippen LogP contribution in [0.5, 0.6) is 0 Å². The van der Waals surface area contributed by atoms with Gasteiger partial charge in [-0.3, -0.25) is 4.79 Å². The minimum absolute atomic E-state index is 0.233. The lowest BCUT2D eigenvalue weighted by Crippen LogP contribution is -2.39. The number of rotatable bonds is 10. The molecule has 1 aromatic carbocycles. The predicted octanol–water partition coefficient (Wildman–Crippen LogP) is 3.06. The molecule has 0 radical (unpaired) electrons. The van der Waals surface area contributed by atoms with E-state index < -0.39 is 0 Å². The fourth-order valence-electron chi connectivity index (χ4n) is 4.17. The second kappa shape index (κ2) is 9.93. The third kappa shape index (κ3) is 6.44. The molecule has 2 atom stereocenters. The summed E-state index contributed by atoms with van der Waals surface area (Å²) >= 11 is 0. The molecule has 2 aliphatic heterocycles. The second-order valence-corrected chi connectivity index (χ2v) is 7.58. The zero-order valence-electron chi connectivity index (χ0n) is 15.2. The molecule has 4 heteroatoms. The highest BCUT2D eigenvalue weighted by molar-refractivity contribution is 5.76. The molecule has 2 bridgehead atoms. The molecule has 2 fully saturated rings. The van der Waals surface area contributed by atoms with Gasteiger partial charge >= 0.3 is 0 Å². The molecule has 2 unspecified atom stereocenters. The standard InChI is InChI=1S/C21H32N2O2/c24-21(16-18-14-19-8-9-20(15-18)23-19)22-11-4-5-12-25-13-10-17-6-2-1-3-7-17/h1-3,6-7,18-20,23H,4-5,8-16H2,(H,22,24). The van der Waals surface area contributed by atoms with Crippen LogP contribution in [0.3, 0.4) is 0 Å². The highest BCUT2D eigenvalue weighted by atomic mass is 16.5. The van der Waals surface area contributed by atoms with Gasteiger partial charge in [0.25, 0.3) is 0 Å². The Labute approximate surface area is 151 Å². The summed E-state index contributed by atoms with van der Waals surface area (Å²) < 4.78 is 5.68. The molecule has 1 amide bonds. The summed E-state index contributed by atoms with van der Waals surface area (Å²) in [7, 11) is 0. The Hall–Kier alpha value is -1.39. The monoisotopic (exact) mass is 344 g/mol. The molecule has 2 heterocycles. The van der Waals surface area contributed by atoms with Crippen LogP contribution in [0.2, 0.25) is 0 Å². The summed E-state index contributed by atoms with van der Waals surface area (Å²) in [5, 5.41) is 6.72. The maximum absolute atomic E-state index is 12.1.